The van der Waals surface area contributed by atoms with E-state index < -0.39 is 88.1 Å². The molecule has 0 bridgehead atoms. The quantitative estimate of drug-likeness (QED) is 0.246. The maximum absolute atomic E-state index is 12.3. The van der Waals surface area contributed by atoms with Crippen LogP contribution in [0, 0.1) is 0 Å². The van der Waals surface area contributed by atoms with Gasteiger partial charge < -0.3 is 9.29 Å². The summed E-state index contributed by atoms with van der Waals surface area (Å²) in [5.41, 5.74) is 0. The molecule has 32 heavy (non-hydrogen) atoms. The predicted molar refractivity (Wildman–Crippen MR) is 97.2 cm³/mol. The number of benzene rings is 2. The van der Waals surface area contributed by atoms with Crippen molar-refractivity contribution in [2.24, 2.45) is 0 Å². The molecule has 0 saturated carbocycles. The molecule has 0 radical (unpaired) electrons. The highest BCUT2D eigenvalue weighted by atomic mass is 32.3. The zero-order valence-corrected chi connectivity index (χ0v) is 18.5. The van der Waals surface area contributed by atoms with E-state index in [1.165, 1.54) is 0 Å². The SMILES string of the molecule is O=S(=O)(O)Oc1c(S(=O)(=O)O)c(O)c(S(=O)(=O)OS(=O)(=O)O)c2ccc(S(=O)(=O)O)cc12. The number of rotatable bonds is 7. The fourth-order valence-corrected chi connectivity index (χ4v) is 6.06. The number of hydrogen-bond donors (Lipinski definition) is 5. The van der Waals surface area contributed by atoms with E-state index in [9.17, 15) is 51.7 Å². The molecular formula is C10H8O17S5. The van der Waals surface area contributed by atoms with Gasteiger partial charge in [0, 0.05) is 10.8 Å². The first-order valence-corrected chi connectivity index (χ1v) is 13.9. The summed E-state index contributed by atoms with van der Waals surface area (Å²) >= 11 is 0. The third kappa shape index (κ3) is 5.61. The van der Waals surface area contributed by atoms with Crippen LogP contribution in [-0.2, 0) is 54.8 Å². The standard InChI is InChI=1S/C10H8O17S5/c11-7-9(30(18,19)27-32(23,24)25)5-2-1-4(28(12,13)14)3-6(5)8(26-31(20,21)22)10(7)29(15,16)17/h1-3,11H,(H,12,13,14)(H,15,16,17)(H,20,21,22)(H,23,24,25). The lowest BCUT2D eigenvalue weighted by atomic mass is 10.1. The molecule has 180 valence electrons. The number of phenols is 1. The Bertz CT molecular complexity index is 1660. The fraction of sp³-hybridized carbons (Fsp3) is 0. The Balaban J connectivity index is 3.32. The summed E-state index contributed by atoms with van der Waals surface area (Å²) in [5.74, 6) is -3.89. The van der Waals surface area contributed by atoms with Crippen molar-refractivity contribution in [3.05, 3.63) is 18.2 Å². The number of aromatic hydroxyl groups is 1. The molecule has 0 saturated heterocycles. The Labute approximate surface area is 179 Å². The van der Waals surface area contributed by atoms with E-state index in [4.69, 9.17) is 13.7 Å². The summed E-state index contributed by atoms with van der Waals surface area (Å²) in [6.45, 7) is 0. The van der Waals surface area contributed by atoms with Crippen LogP contribution in [0.3, 0.4) is 0 Å². The van der Waals surface area contributed by atoms with Gasteiger partial charge in [0.1, 0.15) is 4.90 Å². The third-order valence-corrected chi connectivity index (χ3v) is 7.73. The Morgan fingerprint density at radius 2 is 1.19 bits per heavy atom. The van der Waals surface area contributed by atoms with Crippen molar-refractivity contribution in [1.82, 2.24) is 0 Å². The molecule has 0 aliphatic heterocycles. The normalized spacial score (nSPS) is 13.9. The van der Waals surface area contributed by atoms with Crippen molar-refractivity contribution in [3.63, 3.8) is 0 Å². The summed E-state index contributed by atoms with van der Waals surface area (Å²) in [6.07, 6.45) is 0. The Kier molecular flexibility index (Phi) is 6.30. The van der Waals surface area contributed by atoms with Gasteiger partial charge in [0.25, 0.3) is 10.1 Å². The molecule has 5 N–H and O–H groups in total. The molecule has 2 rings (SSSR count). The molecule has 0 aliphatic rings. The molecular weight excluding hydrogens is 552 g/mol. The summed E-state index contributed by atoms with van der Waals surface area (Å²) in [4.78, 5) is -5.12. The van der Waals surface area contributed by atoms with Gasteiger partial charge in [-0.25, -0.2) is 0 Å². The maximum atomic E-state index is 12.3. The maximum Gasteiger partial charge on any atom is 0.446 e. The predicted octanol–water partition coefficient (Wildman–Crippen LogP) is -1.27. The minimum absolute atomic E-state index is 0.172. The van der Waals surface area contributed by atoms with E-state index in [2.05, 4.69) is 7.81 Å². The van der Waals surface area contributed by atoms with Gasteiger partial charge in [0.2, 0.25) is 0 Å². The highest BCUT2D eigenvalue weighted by Crippen LogP contribution is 2.46. The summed E-state index contributed by atoms with van der Waals surface area (Å²) in [5, 5.41) is 7.79. The van der Waals surface area contributed by atoms with E-state index in [0.717, 1.165) is 0 Å². The largest absolute Gasteiger partial charge is 0.505 e. The zero-order valence-electron chi connectivity index (χ0n) is 14.4. The van der Waals surface area contributed by atoms with Crippen LogP contribution in [0.15, 0.2) is 32.9 Å². The molecule has 0 amide bonds. The molecule has 0 aliphatic carbocycles. The highest BCUT2D eigenvalue weighted by Gasteiger charge is 2.38. The van der Waals surface area contributed by atoms with E-state index in [0.29, 0.717) is 12.1 Å². The molecule has 0 unspecified atom stereocenters. The van der Waals surface area contributed by atoms with Gasteiger partial charge in [-0.15, -0.1) is 3.63 Å². The smallest absolute Gasteiger partial charge is 0.446 e. The summed E-state index contributed by atoms with van der Waals surface area (Å²) in [7, 11) is -28.5. The number of fused-ring (bicyclic) bond motifs is 1. The molecule has 0 fully saturated rings. The van der Waals surface area contributed by atoms with Gasteiger partial charge >= 0.3 is 41.0 Å². The van der Waals surface area contributed by atoms with Crippen LogP contribution < -0.4 is 4.18 Å². The zero-order chi connectivity index (χ0) is 25.1. The summed E-state index contributed by atoms with van der Waals surface area (Å²) < 4.78 is 158. The Morgan fingerprint density at radius 3 is 1.59 bits per heavy atom. The van der Waals surface area contributed by atoms with Crippen LogP contribution in [0.25, 0.3) is 10.8 Å². The lowest BCUT2D eigenvalue weighted by Crippen LogP contribution is -2.16. The van der Waals surface area contributed by atoms with Crippen molar-refractivity contribution in [2.75, 3.05) is 0 Å². The molecule has 22 heteroatoms. The molecule has 2 aromatic carbocycles. The van der Waals surface area contributed by atoms with E-state index >= 15 is 0 Å². The van der Waals surface area contributed by atoms with Crippen LogP contribution in [-0.4, -0.2) is 65.4 Å². The van der Waals surface area contributed by atoms with Gasteiger partial charge in [0.05, 0.1) is 4.90 Å². The van der Waals surface area contributed by atoms with Gasteiger partial charge in [-0.2, -0.15) is 42.1 Å². The summed E-state index contributed by atoms with van der Waals surface area (Å²) in [6, 6.07) is 0.975. The lowest BCUT2D eigenvalue weighted by Gasteiger charge is -2.16. The van der Waals surface area contributed by atoms with Crippen LogP contribution >= 0.6 is 0 Å². The molecule has 17 nitrogen and oxygen atoms in total. The second kappa shape index (κ2) is 7.72. The minimum Gasteiger partial charge on any atom is -0.505 e. The van der Waals surface area contributed by atoms with Gasteiger partial charge in [-0.05, 0) is 12.1 Å². The van der Waals surface area contributed by atoms with Crippen LogP contribution in [0.1, 0.15) is 0 Å². The minimum atomic E-state index is -5.91. The third-order valence-electron chi connectivity index (χ3n) is 3.29. The molecule has 0 aromatic heterocycles. The average molecular weight is 560 g/mol. The molecule has 0 spiro atoms. The first-order chi connectivity index (χ1) is 14.0. The van der Waals surface area contributed by atoms with Gasteiger partial charge in [-0.1, -0.05) is 6.07 Å². The van der Waals surface area contributed by atoms with Crippen molar-refractivity contribution >= 4 is 61.9 Å². The van der Waals surface area contributed by atoms with Crippen molar-refractivity contribution < 1.29 is 73.2 Å². The Morgan fingerprint density at radius 1 is 0.656 bits per heavy atom. The fourth-order valence-electron chi connectivity index (χ4n) is 2.36. The van der Waals surface area contributed by atoms with Crippen molar-refractivity contribution in [1.29, 1.82) is 0 Å². The van der Waals surface area contributed by atoms with Gasteiger partial charge in [-0.3, -0.25) is 18.2 Å². The second-order valence-corrected chi connectivity index (χ2v) is 12.0. The number of phenolic OH excluding ortho intramolecular Hbond substituents is 1. The first kappa shape index (κ1) is 26.1. The lowest BCUT2D eigenvalue weighted by molar-refractivity contribution is 0.376. The molecule has 2 aromatic rings. The second-order valence-electron chi connectivity index (χ2n) is 5.45. The van der Waals surface area contributed by atoms with Crippen LogP contribution in [0.2, 0.25) is 0 Å². The monoisotopic (exact) mass is 560 g/mol. The van der Waals surface area contributed by atoms with Crippen molar-refractivity contribution in [2.45, 2.75) is 14.7 Å². The van der Waals surface area contributed by atoms with E-state index in [-0.39, 0.29) is 6.07 Å². The Hall–Kier alpha value is -2.15. The molecule has 0 heterocycles. The average Bonchev–Trinajstić information content (AvgIpc) is 2.47. The van der Waals surface area contributed by atoms with E-state index in [1.807, 2.05) is 0 Å². The van der Waals surface area contributed by atoms with Crippen molar-refractivity contribution in [3.8, 4) is 11.5 Å². The topological polar surface area (TPSA) is 290 Å². The van der Waals surface area contributed by atoms with E-state index in [1.54, 1.807) is 0 Å². The highest BCUT2D eigenvalue weighted by molar-refractivity contribution is 7.97. The van der Waals surface area contributed by atoms with Crippen LogP contribution in [0.4, 0.5) is 0 Å². The first-order valence-electron chi connectivity index (χ1n) is 6.93. The van der Waals surface area contributed by atoms with Crippen LogP contribution in [0.5, 0.6) is 11.5 Å². The van der Waals surface area contributed by atoms with Gasteiger partial charge in [0.15, 0.2) is 16.4 Å². The molecule has 0 atom stereocenters. The number of hydrogen-bond acceptors (Lipinski definition) is 13.